The van der Waals surface area contributed by atoms with Gasteiger partial charge in [-0.3, -0.25) is 4.79 Å². The molecule has 0 unspecified atom stereocenters. The minimum Gasteiger partial charge on any atom is -0.490 e. The molecule has 5 nitrogen and oxygen atoms in total. The van der Waals surface area contributed by atoms with Crippen molar-refractivity contribution in [2.24, 2.45) is 0 Å². The van der Waals surface area contributed by atoms with Crippen molar-refractivity contribution in [2.45, 2.75) is 17.7 Å². The number of carbonyl (C=O) groups is 1. The van der Waals surface area contributed by atoms with Gasteiger partial charge in [0.1, 0.15) is 18.2 Å². The number of aryl methyl sites for hydroxylation is 1. The Bertz CT molecular complexity index is 887. The first-order valence-corrected chi connectivity index (χ1v) is 10.2. The van der Waals surface area contributed by atoms with E-state index in [1.807, 2.05) is 0 Å². The number of nitrogens with one attached hydrogen (secondary N) is 1. The highest BCUT2D eigenvalue weighted by Gasteiger charge is 2.13. The van der Waals surface area contributed by atoms with Gasteiger partial charge < -0.3 is 10.1 Å². The Kier molecular flexibility index (Phi) is 6.99. The maximum atomic E-state index is 13.1. The molecule has 1 N–H and O–H groups in total. The van der Waals surface area contributed by atoms with E-state index in [1.54, 1.807) is 18.2 Å². The van der Waals surface area contributed by atoms with Gasteiger partial charge in [-0.25, -0.2) is 12.8 Å². The van der Waals surface area contributed by atoms with Gasteiger partial charge in [-0.2, -0.15) is 0 Å². The third kappa shape index (κ3) is 6.00. The molecule has 0 spiro atoms. The molecule has 0 aliphatic rings. The minimum atomic E-state index is -3.34. The van der Waals surface area contributed by atoms with Gasteiger partial charge in [-0.15, -0.1) is 0 Å². The van der Waals surface area contributed by atoms with Crippen molar-refractivity contribution >= 4 is 27.3 Å². The molecular formula is C18H19ClFNO4S. The number of rotatable bonds is 8. The summed E-state index contributed by atoms with van der Waals surface area (Å²) < 4.78 is 41.9. The Morgan fingerprint density at radius 1 is 1.23 bits per heavy atom. The number of halogens is 2. The van der Waals surface area contributed by atoms with Gasteiger partial charge in [0.15, 0.2) is 9.84 Å². The molecule has 2 rings (SSSR count). The monoisotopic (exact) mass is 399 g/mol. The Morgan fingerprint density at radius 2 is 1.96 bits per heavy atom. The zero-order valence-corrected chi connectivity index (χ0v) is 15.7. The predicted molar refractivity (Wildman–Crippen MR) is 97.8 cm³/mol. The SMILES string of the molecule is CS(=O)(=O)c1ccccc1CCC(=O)NCCOc1cc(F)ccc1Cl. The first-order chi connectivity index (χ1) is 12.3. The van der Waals surface area contributed by atoms with Gasteiger partial charge in [-0.05, 0) is 30.2 Å². The van der Waals surface area contributed by atoms with Gasteiger partial charge >= 0.3 is 0 Å². The average Bonchev–Trinajstić information content (AvgIpc) is 2.59. The molecule has 0 heterocycles. The molecule has 0 saturated carbocycles. The van der Waals surface area contributed by atoms with Crippen LogP contribution in [0.4, 0.5) is 4.39 Å². The molecule has 26 heavy (non-hydrogen) atoms. The van der Waals surface area contributed by atoms with Gasteiger partial charge in [-0.1, -0.05) is 29.8 Å². The number of carbonyl (C=O) groups excluding carboxylic acids is 1. The summed E-state index contributed by atoms with van der Waals surface area (Å²) in [4.78, 5) is 12.1. The summed E-state index contributed by atoms with van der Waals surface area (Å²) in [5.41, 5.74) is 0.605. The van der Waals surface area contributed by atoms with Gasteiger partial charge in [0.25, 0.3) is 0 Å². The van der Waals surface area contributed by atoms with E-state index in [0.717, 1.165) is 6.26 Å². The van der Waals surface area contributed by atoms with Crippen LogP contribution in [-0.4, -0.2) is 33.7 Å². The number of amides is 1. The van der Waals surface area contributed by atoms with E-state index < -0.39 is 15.7 Å². The van der Waals surface area contributed by atoms with Crippen molar-refractivity contribution in [1.29, 1.82) is 0 Å². The van der Waals surface area contributed by atoms with Crippen molar-refractivity contribution in [2.75, 3.05) is 19.4 Å². The second-order valence-electron chi connectivity index (χ2n) is 5.65. The van der Waals surface area contributed by atoms with Crippen LogP contribution in [0.3, 0.4) is 0 Å². The van der Waals surface area contributed by atoms with Crippen LogP contribution in [0.5, 0.6) is 5.75 Å². The third-order valence-corrected chi connectivity index (χ3v) is 5.08. The highest BCUT2D eigenvalue weighted by molar-refractivity contribution is 7.90. The van der Waals surface area contributed by atoms with Crippen LogP contribution >= 0.6 is 11.6 Å². The lowest BCUT2D eigenvalue weighted by molar-refractivity contribution is -0.121. The quantitative estimate of drug-likeness (QED) is 0.692. The van der Waals surface area contributed by atoms with E-state index in [0.29, 0.717) is 12.0 Å². The fourth-order valence-electron chi connectivity index (χ4n) is 2.35. The maximum absolute atomic E-state index is 13.1. The summed E-state index contributed by atoms with van der Waals surface area (Å²) in [7, 11) is -3.34. The van der Waals surface area contributed by atoms with Crippen LogP contribution in [0.25, 0.3) is 0 Å². The lowest BCUT2D eigenvalue weighted by atomic mass is 10.1. The first-order valence-electron chi connectivity index (χ1n) is 7.90. The lowest BCUT2D eigenvalue weighted by Gasteiger charge is -2.10. The smallest absolute Gasteiger partial charge is 0.220 e. The maximum Gasteiger partial charge on any atom is 0.220 e. The van der Waals surface area contributed by atoms with Gasteiger partial charge in [0.2, 0.25) is 5.91 Å². The van der Waals surface area contributed by atoms with E-state index in [2.05, 4.69) is 5.32 Å². The lowest BCUT2D eigenvalue weighted by Crippen LogP contribution is -2.28. The second-order valence-corrected chi connectivity index (χ2v) is 8.04. The van der Waals surface area contributed by atoms with E-state index in [1.165, 1.54) is 24.3 Å². The molecule has 8 heteroatoms. The summed E-state index contributed by atoms with van der Waals surface area (Å²) in [6, 6.07) is 10.4. The average molecular weight is 400 g/mol. The molecule has 2 aromatic carbocycles. The van der Waals surface area contributed by atoms with Crippen molar-refractivity contribution in [3.8, 4) is 5.75 Å². The summed E-state index contributed by atoms with van der Waals surface area (Å²) in [6.45, 7) is 0.355. The summed E-state index contributed by atoms with van der Waals surface area (Å²) in [5, 5.41) is 2.95. The Labute approximate surface area is 157 Å². The minimum absolute atomic E-state index is 0.134. The molecule has 0 bridgehead atoms. The number of hydrogen-bond acceptors (Lipinski definition) is 4. The normalized spacial score (nSPS) is 11.2. The topological polar surface area (TPSA) is 72.5 Å². The molecular weight excluding hydrogens is 381 g/mol. The highest BCUT2D eigenvalue weighted by Crippen LogP contribution is 2.24. The number of ether oxygens (including phenoxy) is 1. The standard InChI is InChI=1S/C18H19ClFNO4S/c1-26(23,24)17-5-3-2-4-13(17)6-9-18(22)21-10-11-25-16-12-14(20)7-8-15(16)19/h2-5,7-8,12H,6,9-11H2,1H3,(H,21,22). The van der Waals surface area contributed by atoms with Crippen LogP contribution in [0, 0.1) is 5.82 Å². The summed E-state index contributed by atoms with van der Waals surface area (Å²) in [5.74, 6) is -0.483. The summed E-state index contributed by atoms with van der Waals surface area (Å²) in [6.07, 6.45) is 1.60. The Balaban J connectivity index is 1.79. The summed E-state index contributed by atoms with van der Waals surface area (Å²) >= 11 is 5.88. The molecule has 2 aromatic rings. The van der Waals surface area contributed by atoms with Crippen molar-refractivity contribution in [3.63, 3.8) is 0 Å². The molecule has 0 radical (unpaired) electrons. The molecule has 0 saturated heterocycles. The first kappa shape index (κ1) is 20.2. The van der Waals surface area contributed by atoms with E-state index >= 15 is 0 Å². The van der Waals surface area contributed by atoms with Crippen molar-refractivity contribution in [3.05, 3.63) is 58.9 Å². The number of sulfone groups is 1. The molecule has 1 amide bonds. The fourth-order valence-corrected chi connectivity index (χ4v) is 3.49. The zero-order chi connectivity index (χ0) is 19.2. The zero-order valence-electron chi connectivity index (χ0n) is 14.2. The van der Waals surface area contributed by atoms with Crippen LogP contribution in [0.15, 0.2) is 47.4 Å². The van der Waals surface area contributed by atoms with Crippen molar-refractivity contribution < 1.29 is 22.3 Å². The highest BCUT2D eigenvalue weighted by atomic mass is 35.5. The number of benzene rings is 2. The Hall–Kier alpha value is -2.12. The largest absolute Gasteiger partial charge is 0.490 e. The van der Waals surface area contributed by atoms with E-state index in [9.17, 15) is 17.6 Å². The molecule has 0 aliphatic heterocycles. The molecule has 0 atom stereocenters. The second kappa shape index (κ2) is 9.00. The van der Waals surface area contributed by atoms with Crippen molar-refractivity contribution in [1.82, 2.24) is 5.32 Å². The molecule has 140 valence electrons. The van der Waals surface area contributed by atoms with E-state index in [4.69, 9.17) is 16.3 Å². The third-order valence-electron chi connectivity index (χ3n) is 3.57. The fraction of sp³-hybridized carbons (Fsp3) is 0.278. The van der Waals surface area contributed by atoms with Crippen LogP contribution in [-0.2, 0) is 21.1 Å². The van der Waals surface area contributed by atoms with Crippen LogP contribution < -0.4 is 10.1 Å². The molecule has 0 aromatic heterocycles. The number of hydrogen-bond donors (Lipinski definition) is 1. The van der Waals surface area contributed by atoms with Gasteiger partial charge in [0.05, 0.1) is 16.5 Å². The molecule has 0 aliphatic carbocycles. The van der Waals surface area contributed by atoms with Gasteiger partial charge in [0, 0.05) is 18.7 Å². The Morgan fingerprint density at radius 3 is 2.69 bits per heavy atom. The van der Waals surface area contributed by atoms with E-state index in [-0.39, 0.29) is 41.1 Å². The predicted octanol–water partition coefficient (Wildman–Crippen LogP) is 3.01. The van der Waals surface area contributed by atoms with Crippen LogP contribution in [0.2, 0.25) is 5.02 Å². The van der Waals surface area contributed by atoms with Crippen LogP contribution in [0.1, 0.15) is 12.0 Å². The molecule has 0 fully saturated rings.